The van der Waals surface area contributed by atoms with Gasteiger partial charge in [0, 0.05) is 25.3 Å². The topological polar surface area (TPSA) is 71.8 Å². The number of nitrogens with zero attached hydrogens (tertiary/aromatic N) is 5. The third-order valence-electron chi connectivity index (χ3n) is 2.80. The molecule has 0 spiro atoms. The van der Waals surface area contributed by atoms with Crippen molar-refractivity contribution in [2.75, 3.05) is 18.0 Å². The van der Waals surface area contributed by atoms with E-state index in [1.165, 1.54) is 5.69 Å². The minimum Gasteiger partial charge on any atom is -0.386 e. The second-order valence-corrected chi connectivity index (χ2v) is 3.87. The van der Waals surface area contributed by atoms with E-state index in [0.29, 0.717) is 12.5 Å². The Labute approximate surface area is 106 Å². The number of benzene rings is 1. The van der Waals surface area contributed by atoms with Gasteiger partial charge in [0.05, 0.1) is 5.95 Å². The van der Waals surface area contributed by atoms with E-state index in [1.54, 1.807) is 0 Å². The van der Waals surface area contributed by atoms with Crippen molar-refractivity contribution in [3.63, 3.8) is 0 Å². The van der Waals surface area contributed by atoms with Crippen molar-refractivity contribution in [1.82, 2.24) is 20.6 Å². The molecule has 2 rings (SSSR count). The lowest BCUT2D eigenvalue weighted by Gasteiger charge is -2.21. The lowest BCUT2D eigenvalue weighted by Crippen LogP contribution is -2.21. The number of aromatic amines is 1. The van der Waals surface area contributed by atoms with Gasteiger partial charge in [-0.3, -0.25) is 15.4 Å². The standard InChI is InChI=1S/C12H17N6/c1-3-18(4-2)11-7-5-10(6-8-11)9-13-12-14-16-17-15-12/h5-8H,3-4,9H2,1-2H3,(H-,13,14,15,16,17)/q-1. The fraction of sp³-hybridized carbons (Fsp3) is 0.417. The van der Waals surface area contributed by atoms with Crippen molar-refractivity contribution in [3.05, 3.63) is 35.1 Å². The Balaban J connectivity index is 1.95. The summed E-state index contributed by atoms with van der Waals surface area (Å²) in [6.45, 7) is 6.91. The van der Waals surface area contributed by atoms with Crippen LogP contribution in [-0.4, -0.2) is 33.7 Å². The van der Waals surface area contributed by atoms with Gasteiger partial charge in [-0.2, -0.15) is 0 Å². The number of anilines is 1. The summed E-state index contributed by atoms with van der Waals surface area (Å²) in [5.74, 6) is 0.391. The van der Waals surface area contributed by atoms with Crippen LogP contribution >= 0.6 is 0 Å². The molecular formula is C12H17N6-. The van der Waals surface area contributed by atoms with Crippen molar-refractivity contribution in [2.45, 2.75) is 20.4 Å². The molecule has 1 aromatic heterocycles. The number of nitrogens with one attached hydrogen (secondary N) is 1. The maximum atomic E-state index is 4.22. The largest absolute Gasteiger partial charge is 0.386 e. The quantitative estimate of drug-likeness (QED) is 0.847. The Hall–Kier alpha value is -2.11. The van der Waals surface area contributed by atoms with Crippen LogP contribution < -0.4 is 4.90 Å². The van der Waals surface area contributed by atoms with Crippen LogP contribution in [0, 0.1) is 0 Å². The number of tetrazole rings is 1. The van der Waals surface area contributed by atoms with E-state index >= 15 is 0 Å². The molecular weight excluding hydrogens is 228 g/mol. The summed E-state index contributed by atoms with van der Waals surface area (Å²) in [7, 11) is 0. The van der Waals surface area contributed by atoms with Crippen LogP contribution in [0.2, 0.25) is 0 Å². The maximum absolute atomic E-state index is 4.22. The van der Waals surface area contributed by atoms with Crippen molar-refractivity contribution in [3.8, 4) is 0 Å². The molecule has 1 N–H and O–H groups in total. The molecule has 0 fully saturated rings. The molecule has 0 radical (unpaired) electrons. The lowest BCUT2D eigenvalue weighted by molar-refractivity contribution is 0.866. The second-order valence-electron chi connectivity index (χ2n) is 3.87. The van der Waals surface area contributed by atoms with Gasteiger partial charge < -0.3 is 10.2 Å². The van der Waals surface area contributed by atoms with Gasteiger partial charge in [-0.15, -0.1) is 5.21 Å². The lowest BCUT2D eigenvalue weighted by atomic mass is 10.2. The molecule has 0 bridgehead atoms. The Kier molecular flexibility index (Phi) is 4.11. The molecule has 0 amide bonds. The van der Waals surface area contributed by atoms with Crippen LogP contribution in [0.4, 0.5) is 11.6 Å². The molecule has 0 saturated carbocycles. The third-order valence-corrected chi connectivity index (χ3v) is 2.80. The summed E-state index contributed by atoms with van der Waals surface area (Å²) < 4.78 is 0. The van der Waals surface area contributed by atoms with E-state index in [9.17, 15) is 0 Å². The fourth-order valence-corrected chi connectivity index (χ4v) is 1.79. The molecule has 1 aromatic carbocycles. The number of H-pyrrole nitrogens is 1. The molecule has 0 aliphatic carbocycles. The molecule has 18 heavy (non-hydrogen) atoms. The van der Waals surface area contributed by atoms with E-state index in [1.807, 2.05) is 0 Å². The maximum Gasteiger partial charge on any atom is 0.0617 e. The average molecular weight is 245 g/mol. The van der Waals surface area contributed by atoms with Gasteiger partial charge in [-0.1, -0.05) is 12.1 Å². The number of hydrogen-bond donors (Lipinski definition) is 1. The van der Waals surface area contributed by atoms with E-state index in [0.717, 1.165) is 18.7 Å². The van der Waals surface area contributed by atoms with Crippen LogP contribution in [0.1, 0.15) is 19.4 Å². The van der Waals surface area contributed by atoms with Crippen molar-refractivity contribution >= 4 is 11.6 Å². The molecule has 0 unspecified atom stereocenters. The number of aromatic nitrogens is 4. The Bertz CT molecular complexity index is 446. The molecule has 0 saturated heterocycles. The van der Waals surface area contributed by atoms with Crippen molar-refractivity contribution < 1.29 is 0 Å². The molecule has 0 aliphatic heterocycles. The number of rotatable bonds is 6. The summed E-state index contributed by atoms with van der Waals surface area (Å²) in [4.78, 5) is 2.31. The number of hydrogen-bond acceptors (Lipinski definition) is 4. The Morgan fingerprint density at radius 3 is 2.44 bits per heavy atom. The Morgan fingerprint density at radius 1 is 1.17 bits per heavy atom. The van der Waals surface area contributed by atoms with Gasteiger partial charge in [0.25, 0.3) is 0 Å². The molecule has 6 nitrogen and oxygen atoms in total. The second kappa shape index (κ2) is 6.00. The van der Waals surface area contributed by atoms with Crippen LogP contribution in [0.3, 0.4) is 0 Å². The zero-order chi connectivity index (χ0) is 12.8. The van der Waals surface area contributed by atoms with Gasteiger partial charge in [-0.25, -0.2) is 0 Å². The minimum atomic E-state index is 0.391. The molecule has 0 atom stereocenters. The predicted octanol–water partition coefficient (Wildman–Crippen LogP) is 2.25. The first-order valence-corrected chi connectivity index (χ1v) is 6.08. The first-order valence-electron chi connectivity index (χ1n) is 6.08. The molecule has 1 heterocycles. The minimum absolute atomic E-state index is 0.391. The smallest absolute Gasteiger partial charge is 0.0617 e. The van der Waals surface area contributed by atoms with Crippen LogP contribution in [0.15, 0.2) is 24.3 Å². The first-order chi connectivity index (χ1) is 8.83. The van der Waals surface area contributed by atoms with Gasteiger partial charge in [0.2, 0.25) is 0 Å². The molecule has 6 heteroatoms. The average Bonchev–Trinajstić information content (AvgIpc) is 2.92. The summed E-state index contributed by atoms with van der Waals surface area (Å²) in [6, 6.07) is 8.40. The van der Waals surface area contributed by atoms with Gasteiger partial charge in [0.1, 0.15) is 0 Å². The predicted molar refractivity (Wildman–Crippen MR) is 70.9 cm³/mol. The summed E-state index contributed by atoms with van der Waals surface area (Å²) in [5.41, 5.74) is 2.37. The highest BCUT2D eigenvalue weighted by Gasteiger charge is 2.00. The van der Waals surface area contributed by atoms with Gasteiger partial charge in [-0.05, 0) is 31.5 Å². The summed E-state index contributed by atoms with van der Waals surface area (Å²) in [6.07, 6.45) is 0. The van der Waals surface area contributed by atoms with E-state index in [2.05, 4.69) is 69.0 Å². The highest BCUT2D eigenvalue weighted by atomic mass is 15.5. The molecule has 0 aliphatic rings. The van der Waals surface area contributed by atoms with Crippen molar-refractivity contribution in [2.24, 2.45) is 0 Å². The van der Waals surface area contributed by atoms with Gasteiger partial charge in [0.15, 0.2) is 0 Å². The third kappa shape index (κ3) is 2.97. The van der Waals surface area contributed by atoms with Gasteiger partial charge >= 0.3 is 0 Å². The van der Waals surface area contributed by atoms with Crippen LogP contribution in [0.25, 0.3) is 5.32 Å². The van der Waals surface area contributed by atoms with E-state index in [-0.39, 0.29) is 0 Å². The summed E-state index contributed by atoms with van der Waals surface area (Å²) in [5, 5.41) is 17.6. The zero-order valence-electron chi connectivity index (χ0n) is 10.7. The van der Waals surface area contributed by atoms with E-state index < -0.39 is 0 Å². The highest BCUT2D eigenvalue weighted by Crippen LogP contribution is 2.18. The van der Waals surface area contributed by atoms with E-state index in [4.69, 9.17) is 0 Å². The normalized spacial score (nSPS) is 10.3. The zero-order valence-corrected chi connectivity index (χ0v) is 10.7. The van der Waals surface area contributed by atoms with Crippen LogP contribution in [0.5, 0.6) is 0 Å². The molecule has 96 valence electrons. The summed E-state index contributed by atoms with van der Waals surface area (Å²) >= 11 is 0. The monoisotopic (exact) mass is 245 g/mol. The van der Waals surface area contributed by atoms with Crippen molar-refractivity contribution in [1.29, 1.82) is 0 Å². The molecule has 2 aromatic rings. The highest BCUT2D eigenvalue weighted by molar-refractivity contribution is 5.48. The first kappa shape index (κ1) is 12.3. The van der Waals surface area contributed by atoms with Crippen LogP contribution in [-0.2, 0) is 6.54 Å². The SMILES string of the molecule is CCN(CC)c1ccc(C[N-]c2nn[nH]n2)cc1. The Morgan fingerprint density at radius 2 is 1.89 bits per heavy atom. The fourth-order valence-electron chi connectivity index (χ4n) is 1.79.